The van der Waals surface area contributed by atoms with Gasteiger partial charge in [-0.1, -0.05) is 36.8 Å². The Balaban J connectivity index is 2.22. The van der Waals surface area contributed by atoms with E-state index in [9.17, 15) is 18.8 Å². The number of amides is 3. The molecule has 10 heteroatoms. The zero-order valence-corrected chi connectivity index (χ0v) is 20.8. The molecule has 0 bridgehead atoms. The molecule has 2 aromatic carbocycles. The minimum Gasteiger partial charge on any atom is -0.395 e. The lowest BCUT2D eigenvalue weighted by atomic mass is 9.98. The molecule has 3 rings (SSSR count). The predicted molar refractivity (Wildman–Crippen MR) is 135 cm³/mol. The summed E-state index contributed by atoms with van der Waals surface area (Å²) < 4.78 is 17.7. The van der Waals surface area contributed by atoms with E-state index in [1.807, 2.05) is 27.7 Å². The number of aromatic nitrogens is 1. The first-order chi connectivity index (χ1) is 16.4. The summed E-state index contributed by atoms with van der Waals surface area (Å²) in [6.07, 6.45) is 0.636. The topological polar surface area (TPSA) is 131 Å². The highest BCUT2D eigenvalue weighted by Crippen LogP contribution is 2.33. The zero-order chi connectivity index (χ0) is 25.9. The highest BCUT2D eigenvalue weighted by Gasteiger charge is 2.37. The Hall–Kier alpha value is -3.79. The highest BCUT2D eigenvalue weighted by atomic mass is 32.1. The van der Waals surface area contributed by atoms with Gasteiger partial charge in [-0.25, -0.2) is 4.39 Å². The minimum atomic E-state index is -1.17. The second-order valence-corrected chi connectivity index (χ2v) is 9.60. The van der Waals surface area contributed by atoms with E-state index in [1.54, 1.807) is 24.3 Å². The van der Waals surface area contributed by atoms with Crippen molar-refractivity contribution in [3.8, 4) is 0 Å². The number of nitrogens with zero attached hydrogens (tertiary/aromatic N) is 2. The molecule has 1 heterocycles. The largest absolute Gasteiger partial charge is 0.395 e. The van der Waals surface area contributed by atoms with Gasteiger partial charge in [0.15, 0.2) is 5.69 Å². The van der Waals surface area contributed by atoms with Crippen molar-refractivity contribution in [3.05, 3.63) is 76.0 Å². The van der Waals surface area contributed by atoms with Crippen molar-refractivity contribution < 1.29 is 18.8 Å². The summed E-state index contributed by atoms with van der Waals surface area (Å²) in [5.74, 6) is -2.45. The molecule has 8 nitrogen and oxygen atoms in total. The monoisotopic (exact) mass is 497 g/mol. The first kappa shape index (κ1) is 25.8. The smallest absolute Gasteiger partial charge is 0.273 e. The van der Waals surface area contributed by atoms with Gasteiger partial charge in [0.05, 0.1) is 5.69 Å². The summed E-state index contributed by atoms with van der Waals surface area (Å²) in [6, 6.07) is 11.2. The quantitative estimate of drug-likeness (QED) is 0.433. The third-order valence-corrected chi connectivity index (χ3v) is 6.58. The summed E-state index contributed by atoms with van der Waals surface area (Å²) in [5, 5.41) is 2.98. The molecule has 0 fully saturated rings. The second kappa shape index (κ2) is 10.2. The number of halogens is 1. The van der Waals surface area contributed by atoms with Crippen LogP contribution in [0.3, 0.4) is 0 Å². The Morgan fingerprint density at radius 1 is 1.11 bits per heavy atom. The second-order valence-electron chi connectivity index (χ2n) is 8.83. The number of aryl methyl sites for hydroxylation is 1. The normalized spacial score (nSPS) is 12.1. The van der Waals surface area contributed by atoms with Crippen LogP contribution in [-0.2, 0) is 4.79 Å². The molecule has 0 saturated heterocycles. The molecule has 0 aliphatic rings. The number of nitrogen functional groups attached to an aromatic ring is 1. The van der Waals surface area contributed by atoms with E-state index in [0.717, 1.165) is 17.1 Å². The van der Waals surface area contributed by atoms with Crippen molar-refractivity contribution in [1.29, 1.82) is 0 Å². The average molecular weight is 498 g/mol. The Kier molecular flexibility index (Phi) is 7.54. The van der Waals surface area contributed by atoms with Gasteiger partial charge in [-0.05, 0) is 68.6 Å². The first-order valence-electron chi connectivity index (χ1n) is 11.0. The molecular formula is C25H28FN5O3S. The number of nitrogens with one attached hydrogen (secondary N) is 1. The van der Waals surface area contributed by atoms with Crippen molar-refractivity contribution in [2.24, 2.45) is 5.73 Å². The maximum absolute atomic E-state index is 13.9. The van der Waals surface area contributed by atoms with Crippen LogP contribution in [0.25, 0.3) is 0 Å². The van der Waals surface area contributed by atoms with E-state index >= 15 is 0 Å². The number of anilines is 2. The number of carbonyl (C=O) groups excluding carboxylic acids is 3. The number of hydrogen-bond donors (Lipinski definition) is 3. The molecule has 1 aromatic heterocycles. The Morgan fingerprint density at radius 3 is 2.23 bits per heavy atom. The van der Waals surface area contributed by atoms with Crippen LogP contribution in [0.2, 0.25) is 0 Å². The van der Waals surface area contributed by atoms with Crippen molar-refractivity contribution in [2.75, 3.05) is 10.6 Å². The molecule has 0 saturated carbocycles. The highest BCUT2D eigenvalue weighted by molar-refractivity contribution is 7.09. The summed E-state index contributed by atoms with van der Waals surface area (Å²) in [5.41, 5.74) is 12.2. The fourth-order valence-electron chi connectivity index (χ4n) is 3.38. The predicted octanol–water partition coefficient (Wildman–Crippen LogP) is 3.96. The fourth-order valence-corrected chi connectivity index (χ4v) is 4.12. The van der Waals surface area contributed by atoms with Gasteiger partial charge in [0.25, 0.3) is 11.8 Å². The van der Waals surface area contributed by atoms with Gasteiger partial charge in [0.2, 0.25) is 5.91 Å². The average Bonchev–Trinajstić information content (AvgIpc) is 3.20. The van der Waals surface area contributed by atoms with E-state index in [4.69, 9.17) is 11.5 Å². The Bertz CT molecular complexity index is 1240. The third kappa shape index (κ3) is 5.65. The van der Waals surface area contributed by atoms with Crippen LogP contribution in [0.4, 0.5) is 15.8 Å². The Labute approximate surface area is 207 Å². The molecule has 184 valence electrons. The maximum Gasteiger partial charge on any atom is 0.273 e. The van der Waals surface area contributed by atoms with Crippen LogP contribution in [0, 0.1) is 12.7 Å². The number of carbonyl (C=O) groups is 3. The number of nitrogens with two attached hydrogens (primary N) is 2. The lowest BCUT2D eigenvalue weighted by Crippen LogP contribution is -2.50. The molecule has 5 N–H and O–H groups in total. The van der Waals surface area contributed by atoms with E-state index in [0.29, 0.717) is 17.7 Å². The molecule has 35 heavy (non-hydrogen) atoms. The van der Waals surface area contributed by atoms with Gasteiger partial charge in [-0.3, -0.25) is 19.3 Å². The third-order valence-electron chi connectivity index (χ3n) is 5.72. The van der Waals surface area contributed by atoms with E-state index < -0.39 is 35.1 Å². The van der Waals surface area contributed by atoms with E-state index in [1.165, 1.54) is 29.2 Å². The molecule has 0 radical (unpaired) electrons. The van der Waals surface area contributed by atoms with Crippen LogP contribution in [0.1, 0.15) is 64.5 Å². The Morgan fingerprint density at radius 2 is 1.71 bits per heavy atom. The molecule has 1 atom stereocenters. The molecule has 3 aromatic rings. The maximum atomic E-state index is 13.9. The van der Waals surface area contributed by atoms with Gasteiger partial charge >= 0.3 is 0 Å². The van der Waals surface area contributed by atoms with Crippen molar-refractivity contribution in [3.63, 3.8) is 0 Å². The van der Waals surface area contributed by atoms with Crippen LogP contribution in [0.5, 0.6) is 0 Å². The SMILES string of the molecule is CCC(C)(C)NC(=O)[C@H](c1ccc(F)cc1)N(C(=O)c1snc(C(N)=O)c1N)c1ccc(C)cc1. The van der Waals surface area contributed by atoms with Crippen molar-refractivity contribution in [2.45, 2.75) is 45.7 Å². The number of hydrogen-bond acceptors (Lipinski definition) is 6. The molecule has 0 aliphatic heterocycles. The standard InChI is InChI=1S/C25H28FN5O3S/c1-5-25(3,4)29-23(33)20(15-8-10-16(26)11-9-15)31(17-12-6-14(2)7-13-17)24(34)21-18(27)19(22(28)32)30-35-21/h6-13,20H,5,27H2,1-4H3,(H2,28,32)(H,29,33)/t20-/m0/s1. The molecule has 3 amide bonds. The first-order valence-corrected chi connectivity index (χ1v) is 11.7. The minimum absolute atomic E-state index is 0.0333. The van der Waals surface area contributed by atoms with Crippen LogP contribution in [0.15, 0.2) is 48.5 Å². The molecule has 0 spiro atoms. The lowest BCUT2D eigenvalue weighted by Gasteiger charge is -2.34. The summed E-state index contributed by atoms with van der Waals surface area (Å²) in [4.78, 5) is 40.6. The van der Waals surface area contributed by atoms with Crippen LogP contribution >= 0.6 is 11.5 Å². The van der Waals surface area contributed by atoms with Gasteiger partial charge in [0, 0.05) is 11.2 Å². The molecule has 0 aliphatic carbocycles. The van der Waals surface area contributed by atoms with E-state index in [2.05, 4.69) is 9.69 Å². The zero-order valence-electron chi connectivity index (χ0n) is 20.0. The van der Waals surface area contributed by atoms with E-state index in [-0.39, 0.29) is 16.3 Å². The van der Waals surface area contributed by atoms with Crippen molar-refractivity contribution >= 4 is 40.6 Å². The van der Waals surface area contributed by atoms with Gasteiger partial charge < -0.3 is 16.8 Å². The summed E-state index contributed by atoms with van der Waals surface area (Å²) >= 11 is 0.724. The summed E-state index contributed by atoms with van der Waals surface area (Å²) in [6.45, 7) is 7.56. The number of benzene rings is 2. The summed E-state index contributed by atoms with van der Waals surface area (Å²) in [7, 11) is 0. The van der Waals surface area contributed by atoms with Crippen LogP contribution in [-0.4, -0.2) is 27.6 Å². The van der Waals surface area contributed by atoms with Gasteiger partial charge in [-0.2, -0.15) is 4.37 Å². The number of primary amides is 1. The molecule has 0 unspecified atom stereocenters. The molecular weight excluding hydrogens is 469 g/mol. The van der Waals surface area contributed by atoms with Crippen LogP contribution < -0.4 is 21.7 Å². The number of rotatable bonds is 8. The van der Waals surface area contributed by atoms with Gasteiger partial charge in [-0.15, -0.1) is 0 Å². The lowest BCUT2D eigenvalue weighted by molar-refractivity contribution is -0.124. The van der Waals surface area contributed by atoms with Gasteiger partial charge in [0.1, 0.15) is 16.7 Å². The van der Waals surface area contributed by atoms with Crippen molar-refractivity contribution in [1.82, 2.24) is 9.69 Å². The fraction of sp³-hybridized carbons (Fsp3) is 0.280.